The van der Waals surface area contributed by atoms with Gasteiger partial charge in [-0.25, -0.2) is 0 Å². The minimum atomic E-state index is -4.59. The Kier molecular flexibility index (Phi) is 49.7. The number of hydrogen-bond donors (Lipinski definition) is 2. The van der Waals surface area contributed by atoms with Crippen LogP contribution in [0.4, 0.5) is 0 Å². The number of phosphoric ester groups is 1. The fraction of sp³-hybridized carbons (Fsp3) is 0.881. The first kappa shape index (κ1) is 66.7. The topological polar surface area (TPSA) is 108 Å². The van der Waals surface area contributed by atoms with Gasteiger partial charge in [-0.15, -0.1) is 0 Å². The molecule has 0 aromatic rings. The maximum absolute atomic E-state index is 12.8. The zero-order valence-electron chi connectivity index (χ0n) is 45.8. The summed E-state index contributed by atoms with van der Waals surface area (Å²) in [4.78, 5) is 25.3. The van der Waals surface area contributed by atoms with Crippen LogP contribution in [0.15, 0.2) is 36.5 Å². The molecule has 0 rings (SSSR count). The van der Waals surface area contributed by atoms with Crippen molar-refractivity contribution >= 4 is 13.7 Å². The molecule has 0 aliphatic heterocycles. The Balaban J connectivity index is 3.72. The Hall–Kier alpha value is -1.28. The number of amides is 1. The second-order valence-electron chi connectivity index (χ2n) is 21.3. The average Bonchev–Trinajstić information content (AvgIpc) is 3.30. The van der Waals surface area contributed by atoms with Crippen molar-refractivity contribution in [2.24, 2.45) is 0 Å². The first-order chi connectivity index (χ1) is 33.0. The molecule has 3 atom stereocenters. The van der Waals surface area contributed by atoms with Crippen LogP contribution in [0, 0.1) is 0 Å². The third-order valence-electron chi connectivity index (χ3n) is 13.3. The molecule has 0 aliphatic carbocycles. The van der Waals surface area contributed by atoms with E-state index in [2.05, 4.69) is 43.5 Å². The van der Waals surface area contributed by atoms with E-state index < -0.39 is 26.6 Å². The van der Waals surface area contributed by atoms with E-state index in [9.17, 15) is 19.4 Å². The van der Waals surface area contributed by atoms with Gasteiger partial charge in [-0.05, 0) is 51.4 Å². The number of phosphoric acid groups is 1. The van der Waals surface area contributed by atoms with Crippen LogP contribution in [-0.2, 0) is 18.4 Å². The summed E-state index contributed by atoms with van der Waals surface area (Å²) in [6.45, 7) is 4.53. The number of nitrogens with one attached hydrogen (secondary N) is 1. The third kappa shape index (κ3) is 52.5. The zero-order chi connectivity index (χ0) is 49.9. The lowest BCUT2D eigenvalue weighted by atomic mass is 10.0. The smallest absolute Gasteiger partial charge is 0.268 e. The second-order valence-corrected chi connectivity index (χ2v) is 22.8. The number of aliphatic hydroxyl groups excluding tert-OH is 1. The van der Waals surface area contributed by atoms with Gasteiger partial charge in [0.1, 0.15) is 13.2 Å². The normalized spacial score (nSPS) is 14.2. The van der Waals surface area contributed by atoms with Gasteiger partial charge in [0.2, 0.25) is 5.91 Å². The van der Waals surface area contributed by atoms with Gasteiger partial charge in [0.25, 0.3) is 7.82 Å². The van der Waals surface area contributed by atoms with Crippen LogP contribution in [-0.4, -0.2) is 68.5 Å². The molecule has 0 radical (unpaired) electrons. The first-order valence-electron chi connectivity index (χ1n) is 29.4. The van der Waals surface area contributed by atoms with Crippen molar-refractivity contribution in [2.75, 3.05) is 40.9 Å². The van der Waals surface area contributed by atoms with Crippen molar-refractivity contribution in [3.8, 4) is 0 Å². The van der Waals surface area contributed by atoms with E-state index in [4.69, 9.17) is 9.05 Å². The Morgan fingerprint density at radius 1 is 0.500 bits per heavy atom. The van der Waals surface area contributed by atoms with Gasteiger partial charge >= 0.3 is 0 Å². The molecule has 0 aromatic heterocycles. The molecule has 68 heavy (non-hydrogen) atoms. The van der Waals surface area contributed by atoms with Gasteiger partial charge in [0.05, 0.1) is 39.9 Å². The van der Waals surface area contributed by atoms with E-state index in [1.165, 1.54) is 218 Å². The molecule has 3 unspecified atom stereocenters. The Bertz CT molecular complexity index is 1200. The van der Waals surface area contributed by atoms with Crippen LogP contribution in [0.1, 0.15) is 284 Å². The summed E-state index contributed by atoms with van der Waals surface area (Å²) >= 11 is 0. The van der Waals surface area contributed by atoms with Gasteiger partial charge < -0.3 is 28.8 Å². The van der Waals surface area contributed by atoms with Crippen LogP contribution in [0.2, 0.25) is 0 Å². The van der Waals surface area contributed by atoms with Crippen LogP contribution in [0.3, 0.4) is 0 Å². The summed E-state index contributed by atoms with van der Waals surface area (Å²) in [5.41, 5.74) is 0. The average molecular weight is 980 g/mol. The molecular formula is C59H115N2O6P. The maximum atomic E-state index is 12.8. The number of likely N-dealkylation sites (N-methyl/N-ethyl adjacent to an activating group) is 1. The Labute approximate surface area is 423 Å². The number of aliphatic hydroxyl groups is 1. The number of unbranched alkanes of at least 4 members (excludes halogenated alkanes) is 37. The predicted octanol–water partition coefficient (Wildman–Crippen LogP) is 17.1. The Morgan fingerprint density at radius 3 is 1.25 bits per heavy atom. The van der Waals surface area contributed by atoms with Gasteiger partial charge in [-0.2, -0.15) is 0 Å². The fourth-order valence-corrected chi connectivity index (χ4v) is 9.43. The predicted molar refractivity (Wildman–Crippen MR) is 293 cm³/mol. The number of carbonyl (C=O) groups is 1. The summed E-state index contributed by atoms with van der Waals surface area (Å²) in [6, 6.07) is -0.898. The van der Waals surface area contributed by atoms with E-state index >= 15 is 0 Å². The highest BCUT2D eigenvalue weighted by Gasteiger charge is 2.23. The number of rotatable bonds is 54. The third-order valence-corrected chi connectivity index (χ3v) is 14.3. The lowest BCUT2D eigenvalue weighted by molar-refractivity contribution is -0.870. The number of quaternary nitrogens is 1. The van der Waals surface area contributed by atoms with Crippen LogP contribution < -0.4 is 10.2 Å². The number of carbonyl (C=O) groups excluding carboxylic acids is 1. The molecule has 402 valence electrons. The highest BCUT2D eigenvalue weighted by molar-refractivity contribution is 7.45. The van der Waals surface area contributed by atoms with Crippen LogP contribution in [0.5, 0.6) is 0 Å². The highest BCUT2D eigenvalue weighted by Crippen LogP contribution is 2.38. The van der Waals surface area contributed by atoms with Crippen molar-refractivity contribution in [3.63, 3.8) is 0 Å². The molecule has 0 spiro atoms. The van der Waals surface area contributed by atoms with E-state index in [1.54, 1.807) is 6.08 Å². The van der Waals surface area contributed by atoms with Gasteiger partial charge in [0, 0.05) is 6.42 Å². The molecule has 0 aromatic carbocycles. The lowest BCUT2D eigenvalue weighted by Gasteiger charge is -2.29. The lowest BCUT2D eigenvalue weighted by Crippen LogP contribution is -2.45. The van der Waals surface area contributed by atoms with Crippen molar-refractivity contribution in [3.05, 3.63) is 36.5 Å². The standard InChI is InChI=1S/C59H115N2O6P/c1-6-8-10-12-14-15-16-17-18-19-20-21-22-23-24-25-26-27-28-29-30-31-32-33-34-35-36-37-38-39-40-41-42-43-44-45-47-49-51-53-59(63)60-57(58(62)52-50-48-46-13-11-9-7-2)56-67-68(64,65)66-55-54-61(3,4)5/h11,13,19-20,50,52,57-58,62H,6-10,12,14-18,21-49,51,53-56H2,1-5H3,(H-,60,63,64,65)/b13-11+,20-19-,52-50+. The van der Waals surface area contributed by atoms with Gasteiger partial charge in [0.15, 0.2) is 0 Å². The maximum Gasteiger partial charge on any atom is 0.268 e. The molecule has 8 nitrogen and oxygen atoms in total. The molecule has 9 heteroatoms. The molecule has 1 amide bonds. The van der Waals surface area contributed by atoms with Crippen molar-refractivity contribution in [1.29, 1.82) is 0 Å². The Morgan fingerprint density at radius 2 is 0.853 bits per heavy atom. The fourth-order valence-electron chi connectivity index (χ4n) is 8.70. The monoisotopic (exact) mass is 979 g/mol. The van der Waals surface area contributed by atoms with Crippen LogP contribution in [0.25, 0.3) is 0 Å². The van der Waals surface area contributed by atoms with E-state index in [1.807, 2.05) is 27.2 Å². The van der Waals surface area contributed by atoms with E-state index in [-0.39, 0.29) is 12.5 Å². The molecule has 0 aliphatic rings. The quantitative estimate of drug-likeness (QED) is 0.0272. The molecule has 0 fully saturated rings. The molecule has 0 heterocycles. The summed E-state index contributed by atoms with van der Waals surface area (Å²) in [5.74, 6) is -0.208. The second kappa shape index (κ2) is 50.7. The summed E-state index contributed by atoms with van der Waals surface area (Å²) in [5, 5.41) is 13.7. The molecule has 0 saturated carbocycles. The number of allylic oxidation sites excluding steroid dienone is 5. The molecule has 0 bridgehead atoms. The summed E-state index contributed by atoms with van der Waals surface area (Å²) in [7, 11) is 1.25. The highest BCUT2D eigenvalue weighted by atomic mass is 31.2. The first-order valence-corrected chi connectivity index (χ1v) is 30.8. The summed E-state index contributed by atoms with van der Waals surface area (Å²) in [6.07, 6.45) is 65.9. The summed E-state index contributed by atoms with van der Waals surface area (Å²) < 4.78 is 23.1. The zero-order valence-corrected chi connectivity index (χ0v) is 46.7. The number of nitrogens with zero attached hydrogens (tertiary/aromatic N) is 1. The van der Waals surface area contributed by atoms with Crippen molar-refractivity contribution in [2.45, 2.75) is 296 Å². The minimum absolute atomic E-state index is 0.00554. The molecular weight excluding hydrogens is 864 g/mol. The van der Waals surface area contributed by atoms with Gasteiger partial charge in [-0.1, -0.05) is 262 Å². The largest absolute Gasteiger partial charge is 0.756 e. The molecule has 2 N–H and O–H groups in total. The molecule has 0 saturated heterocycles. The minimum Gasteiger partial charge on any atom is -0.756 e. The van der Waals surface area contributed by atoms with Gasteiger partial charge in [-0.3, -0.25) is 9.36 Å². The van der Waals surface area contributed by atoms with Crippen LogP contribution >= 0.6 is 7.82 Å². The van der Waals surface area contributed by atoms with E-state index in [0.717, 1.165) is 44.9 Å². The number of hydrogen-bond acceptors (Lipinski definition) is 6. The van der Waals surface area contributed by atoms with Crippen molar-refractivity contribution in [1.82, 2.24) is 5.32 Å². The SMILES string of the molecule is CCC/C=C/CC/C=C/C(O)C(COP(=O)([O-])OCC[N+](C)(C)C)NC(=O)CCCCCCCCCCCCCCCCCCCCCCCCCCCCC/C=C\CCCCCCCCCC. The van der Waals surface area contributed by atoms with E-state index in [0.29, 0.717) is 17.4 Å². The van der Waals surface area contributed by atoms with Crippen molar-refractivity contribution < 1.29 is 32.9 Å².